The summed E-state index contributed by atoms with van der Waals surface area (Å²) in [6.07, 6.45) is 4.23. The van der Waals surface area contributed by atoms with Crippen LogP contribution in [0.4, 0.5) is 11.4 Å². The first-order chi connectivity index (χ1) is 10.1. The van der Waals surface area contributed by atoms with Crippen LogP contribution in [0, 0.1) is 0 Å². The number of sulfonamides is 1. The van der Waals surface area contributed by atoms with E-state index in [1.165, 1.54) is 25.7 Å². The number of nitrogens with zero attached hydrogens (tertiary/aromatic N) is 2. The summed E-state index contributed by atoms with van der Waals surface area (Å²) in [5.74, 6) is 0.410. The van der Waals surface area contributed by atoms with Crippen LogP contribution in [0.2, 0.25) is 0 Å². The minimum Gasteiger partial charge on any atom is -0.481 e. The average molecular weight is 308 g/mol. The Labute approximate surface area is 123 Å². The molecule has 0 aliphatic heterocycles. The number of methoxy groups -OCH3 is 1. The molecule has 2 heterocycles. The first-order valence-electron chi connectivity index (χ1n) is 6.27. The molecular weight excluding hydrogens is 292 g/mol. The molecule has 0 atom stereocenters. The Bertz CT molecular complexity index is 702. The fraction of sp³-hybridized carbons (Fsp3) is 0.231. The van der Waals surface area contributed by atoms with Crippen LogP contribution in [0.1, 0.15) is 6.92 Å². The number of hydrogen-bond donors (Lipinski definition) is 2. The molecule has 0 fully saturated rings. The molecule has 0 spiro atoms. The maximum atomic E-state index is 12.4. The van der Waals surface area contributed by atoms with Crippen LogP contribution >= 0.6 is 0 Å². The number of ether oxygens (including phenoxy) is 1. The second-order valence-electron chi connectivity index (χ2n) is 4.10. The monoisotopic (exact) mass is 308 g/mol. The summed E-state index contributed by atoms with van der Waals surface area (Å²) < 4.78 is 32.2. The first-order valence-corrected chi connectivity index (χ1v) is 7.76. The highest BCUT2D eigenvalue weighted by Crippen LogP contribution is 2.22. The van der Waals surface area contributed by atoms with E-state index < -0.39 is 10.0 Å². The van der Waals surface area contributed by atoms with Gasteiger partial charge in [0.15, 0.2) is 0 Å². The number of anilines is 2. The van der Waals surface area contributed by atoms with E-state index in [1.807, 2.05) is 6.92 Å². The van der Waals surface area contributed by atoms with Gasteiger partial charge >= 0.3 is 0 Å². The molecule has 0 saturated carbocycles. The molecule has 0 unspecified atom stereocenters. The van der Waals surface area contributed by atoms with Crippen molar-refractivity contribution in [3.63, 3.8) is 0 Å². The number of nitrogens with one attached hydrogen (secondary N) is 2. The van der Waals surface area contributed by atoms with Crippen molar-refractivity contribution in [2.75, 3.05) is 23.7 Å². The number of hydrogen-bond acceptors (Lipinski definition) is 6. The zero-order chi connectivity index (χ0) is 15.3. The lowest BCUT2D eigenvalue weighted by molar-refractivity contribution is 0.398. The molecule has 8 heteroatoms. The highest BCUT2D eigenvalue weighted by Gasteiger charge is 2.19. The highest BCUT2D eigenvalue weighted by atomic mass is 32.2. The highest BCUT2D eigenvalue weighted by molar-refractivity contribution is 7.92. The van der Waals surface area contributed by atoms with Crippen molar-refractivity contribution in [3.05, 3.63) is 36.8 Å². The Morgan fingerprint density at radius 3 is 2.67 bits per heavy atom. The first kappa shape index (κ1) is 15.0. The minimum atomic E-state index is -3.74. The van der Waals surface area contributed by atoms with Gasteiger partial charge in [-0.2, -0.15) is 0 Å². The van der Waals surface area contributed by atoms with Crippen molar-refractivity contribution in [2.45, 2.75) is 11.8 Å². The van der Waals surface area contributed by atoms with E-state index >= 15 is 0 Å². The predicted octanol–water partition coefficient (Wildman–Crippen LogP) is 1.72. The van der Waals surface area contributed by atoms with E-state index in [0.29, 0.717) is 23.8 Å². The van der Waals surface area contributed by atoms with Gasteiger partial charge in [0, 0.05) is 25.0 Å². The normalized spacial score (nSPS) is 11.0. The molecule has 0 aliphatic carbocycles. The predicted molar refractivity (Wildman–Crippen MR) is 80.0 cm³/mol. The van der Waals surface area contributed by atoms with Gasteiger partial charge in [-0.25, -0.2) is 13.4 Å². The molecule has 0 radical (unpaired) electrons. The fourth-order valence-electron chi connectivity index (χ4n) is 1.70. The van der Waals surface area contributed by atoms with Gasteiger partial charge in [-0.3, -0.25) is 9.71 Å². The van der Waals surface area contributed by atoms with Crippen molar-refractivity contribution < 1.29 is 13.2 Å². The molecule has 0 bridgehead atoms. The van der Waals surface area contributed by atoms with Crippen LogP contribution < -0.4 is 14.8 Å². The molecule has 0 aliphatic rings. The third kappa shape index (κ3) is 3.60. The van der Waals surface area contributed by atoms with Gasteiger partial charge in [0.2, 0.25) is 5.88 Å². The number of rotatable bonds is 6. The summed E-state index contributed by atoms with van der Waals surface area (Å²) in [6, 6.07) is 4.77. The summed E-state index contributed by atoms with van der Waals surface area (Å²) >= 11 is 0. The molecule has 7 nitrogen and oxygen atoms in total. The van der Waals surface area contributed by atoms with E-state index in [0.717, 1.165) is 0 Å². The van der Waals surface area contributed by atoms with Gasteiger partial charge < -0.3 is 10.1 Å². The van der Waals surface area contributed by atoms with Gasteiger partial charge in [-0.05, 0) is 19.1 Å². The third-order valence-corrected chi connectivity index (χ3v) is 4.05. The molecule has 2 rings (SSSR count). The topological polar surface area (TPSA) is 93.2 Å². The summed E-state index contributed by atoms with van der Waals surface area (Å²) in [5.41, 5.74) is 0.851. The van der Waals surface area contributed by atoms with Gasteiger partial charge in [0.25, 0.3) is 10.0 Å². The Balaban J connectivity index is 2.29. The molecule has 0 saturated heterocycles. The Kier molecular flexibility index (Phi) is 4.59. The summed E-state index contributed by atoms with van der Waals surface area (Å²) in [7, 11) is -2.25. The Hall–Kier alpha value is -2.35. The zero-order valence-corrected chi connectivity index (χ0v) is 12.5. The molecule has 21 heavy (non-hydrogen) atoms. The van der Waals surface area contributed by atoms with Crippen LogP contribution in [-0.4, -0.2) is 32.0 Å². The van der Waals surface area contributed by atoms with Crippen molar-refractivity contribution >= 4 is 21.4 Å². The van der Waals surface area contributed by atoms with Crippen molar-refractivity contribution in [1.82, 2.24) is 9.97 Å². The van der Waals surface area contributed by atoms with E-state index in [-0.39, 0.29) is 4.90 Å². The zero-order valence-electron chi connectivity index (χ0n) is 11.7. The van der Waals surface area contributed by atoms with E-state index in [2.05, 4.69) is 20.0 Å². The maximum Gasteiger partial charge on any atom is 0.265 e. The Morgan fingerprint density at radius 1 is 1.24 bits per heavy atom. The summed E-state index contributed by atoms with van der Waals surface area (Å²) in [5, 5.41) is 2.99. The number of pyridine rings is 2. The second kappa shape index (κ2) is 6.40. The molecule has 0 aromatic carbocycles. The van der Waals surface area contributed by atoms with Gasteiger partial charge in [0.05, 0.1) is 24.7 Å². The molecule has 0 amide bonds. The van der Waals surface area contributed by atoms with Crippen LogP contribution in [0.25, 0.3) is 0 Å². The van der Waals surface area contributed by atoms with Crippen molar-refractivity contribution in [3.8, 4) is 5.88 Å². The van der Waals surface area contributed by atoms with Gasteiger partial charge in [0.1, 0.15) is 4.90 Å². The smallest absolute Gasteiger partial charge is 0.265 e. The summed E-state index contributed by atoms with van der Waals surface area (Å²) in [6.45, 7) is 2.49. The van der Waals surface area contributed by atoms with Crippen LogP contribution in [-0.2, 0) is 10.0 Å². The molecular formula is C13H16N4O3S. The maximum absolute atomic E-state index is 12.4. The van der Waals surface area contributed by atoms with E-state index in [1.54, 1.807) is 18.2 Å². The van der Waals surface area contributed by atoms with Crippen LogP contribution in [0.15, 0.2) is 41.7 Å². The fourth-order valence-corrected chi connectivity index (χ4v) is 2.87. The SMILES string of the molecule is CCNc1ccncc1S(=O)(=O)Nc1ccc(OC)nc1. The van der Waals surface area contributed by atoms with E-state index in [9.17, 15) is 8.42 Å². The molecule has 2 aromatic rings. The molecule has 2 aromatic heterocycles. The average Bonchev–Trinajstić information content (AvgIpc) is 2.48. The quantitative estimate of drug-likeness (QED) is 0.844. The summed E-state index contributed by atoms with van der Waals surface area (Å²) in [4.78, 5) is 7.91. The Morgan fingerprint density at radius 2 is 2.05 bits per heavy atom. The van der Waals surface area contributed by atoms with Crippen LogP contribution in [0.3, 0.4) is 0 Å². The largest absolute Gasteiger partial charge is 0.481 e. The van der Waals surface area contributed by atoms with E-state index in [4.69, 9.17) is 4.74 Å². The van der Waals surface area contributed by atoms with Crippen LogP contribution in [0.5, 0.6) is 5.88 Å². The lowest BCUT2D eigenvalue weighted by atomic mass is 10.4. The second-order valence-corrected chi connectivity index (χ2v) is 5.75. The minimum absolute atomic E-state index is 0.0858. The van der Waals surface area contributed by atoms with Crippen molar-refractivity contribution in [1.29, 1.82) is 0 Å². The standard InChI is InChI=1S/C13H16N4O3S/c1-3-15-11-6-7-14-9-12(11)21(18,19)17-10-4-5-13(20-2)16-8-10/h4-9,17H,3H2,1-2H3,(H,14,15). The lowest BCUT2D eigenvalue weighted by Gasteiger charge is -2.12. The molecule has 112 valence electrons. The van der Waals surface area contributed by atoms with Crippen molar-refractivity contribution in [2.24, 2.45) is 0 Å². The lowest BCUT2D eigenvalue weighted by Crippen LogP contribution is -2.16. The van der Waals surface area contributed by atoms with Gasteiger partial charge in [-0.1, -0.05) is 0 Å². The molecule has 2 N–H and O–H groups in total. The third-order valence-electron chi connectivity index (χ3n) is 2.64. The van der Waals surface area contributed by atoms with Gasteiger partial charge in [-0.15, -0.1) is 0 Å². The number of aromatic nitrogens is 2.